The van der Waals surface area contributed by atoms with Gasteiger partial charge < -0.3 is 10.4 Å². The van der Waals surface area contributed by atoms with Crippen LogP contribution in [0, 0.1) is 5.82 Å². The number of rotatable bonds is 8. The van der Waals surface area contributed by atoms with Crippen LogP contribution in [0.15, 0.2) is 16.6 Å². The van der Waals surface area contributed by atoms with Crippen LogP contribution in [0.2, 0.25) is 0 Å². The number of benzene rings is 1. The quantitative estimate of drug-likeness (QED) is 0.689. The first-order chi connectivity index (χ1) is 9.07. The molecule has 1 rings (SSSR count). The SMILES string of the molecule is CSCCCCCNc1ccc(C(=O)O)c(Br)c1F. The van der Waals surface area contributed by atoms with Gasteiger partial charge in [0.05, 0.1) is 15.7 Å². The van der Waals surface area contributed by atoms with Gasteiger partial charge in [0.15, 0.2) is 5.82 Å². The maximum Gasteiger partial charge on any atom is 0.336 e. The lowest BCUT2D eigenvalue weighted by Crippen LogP contribution is -2.06. The molecule has 6 heteroatoms. The molecule has 0 unspecified atom stereocenters. The van der Waals surface area contributed by atoms with E-state index >= 15 is 0 Å². The predicted molar refractivity (Wildman–Crippen MR) is 81.8 cm³/mol. The third kappa shape index (κ3) is 5.03. The average molecular weight is 350 g/mol. The summed E-state index contributed by atoms with van der Waals surface area (Å²) in [6.45, 7) is 0.685. The smallest absolute Gasteiger partial charge is 0.336 e. The molecule has 0 aliphatic rings. The Morgan fingerprint density at radius 1 is 1.42 bits per heavy atom. The number of nitrogens with one attached hydrogen (secondary N) is 1. The molecule has 0 radical (unpaired) electrons. The fourth-order valence-electron chi connectivity index (χ4n) is 1.62. The zero-order valence-electron chi connectivity index (χ0n) is 10.7. The first-order valence-electron chi connectivity index (χ1n) is 6.02. The number of hydrogen-bond acceptors (Lipinski definition) is 3. The van der Waals surface area contributed by atoms with Crippen LogP contribution in [0.1, 0.15) is 29.6 Å². The van der Waals surface area contributed by atoms with Crippen molar-refractivity contribution >= 4 is 39.3 Å². The summed E-state index contributed by atoms with van der Waals surface area (Å²) < 4.78 is 13.9. The molecular formula is C13H17BrFNO2S. The van der Waals surface area contributed by atoms with Crippen LogP contribution < -0.4 is 5.32 Å². The maximum absolute atomic E-state index is 13.9. The number of anilines is 1. The summed E-state index contributed by atoms with van der Waals surface area (Å²) in [4.78, 5) is 10.8. The van der Waals surface area contributed by atoms with Crippen molar-refractivity contribution in [2.24, 2.45) is 0 Å². The number of carboxylic acid groups (broad SMARTS) is 1. The highest BCUT2D eigenvalue weighted by Crippen LogP contribution is 2.27. The molecule has 0 spiro atoms. The van der Waals surface area contributed by atoms with Crippen LogP contribution in [0.4, 0.5) is 10.1 Å². The summed E-state index contributed by atoms with van der Waals surface area (Å²) >= 11 is 4.80. The van der Waals surface area contributed by atoms with Gasteiger partial charge >= 0.3 is 5.97 Å². The Morgan fingerprint density at radius 3 is 2.79 bits per heavy atom. The van der Waals surface area contributed by atoms with Crippen LogP contribution in [-0.4, -0.2) is 29.6 Å². The van der Waals surface area contributed by atoms with Gasteiger partial charge in [0.1, 0.15) is 0 Å². The van der Waals surface area contributed by atoms with Crippen molar-refractivity contribution in [2.75, 3.05) is 23.9 Å². The lowest BCUT2D eigenvalue weighted by Gasteiger charge is -2.10. The monoisotopic (exact) mass is 349 g/mol. The molecule has 0 bridgehead atoms. The predicted octanol–water partition coefficient (Wildman–Crippen LogP) is 4.23. The molecule has 1 aromatic carbocycles. The number of aromatic carboxylic acids is 1. The largest absolute Gasteiger partial charge is 0.478 e. The van der Waals surface area contributed by atoms with E-state index in [1.54, 1.807) is 0 Å². The topological polar surface area (TPSA) is 49.3 Å². The molecule has 0 aliphatic carbocycles. The van der Waals surface area contributed by atoms with Gasteiger partial charge in [-0.25, -0.2) is 9.18 Å². The van der Waals surface area contributed by atoms with Crippen molar-refractivity contribution in [1.29, 1.82) is 0 Å². The Morgan fingerprint density at radius 2 is 2.16 bits per heavy atom. The van der Waals surface area contributed by atoms with E-state index in [9.17, 15) is 9.18 Å². The van der Waals surface area contributed by atoms with Gasteiger partial charge in [-0.05, 0) is 52.9 Å². The Hall–Kier alpha value is -0.750. The van der Waals surface area contributed by atoms with E-state index in [4.69, 9.17) is 5.11 Å². The van der Waals surface area contributed by atoms with E-state index in [0.717, 1.165) is 25.0 Å². The molecule has 0 aromatic heterocycles. The fourth-order valence-corrected chi connectivity index (χ4v) is 2.63. The fraction of sp³-hybridized carbons (Fsp3) is 0.462. The van der Waals surface area contributed by atoms with E-state index in [0.29, 0.717) is 12.2 Å². The van der Waals surface area contributed by atoms with E-state index in [1.165, 1.54) is 12.1 Å². The molecule has 0 amide bonds. The van der Waals surface area contributed by atoms with Gasteiger partial charge in [0, 0.05) is 6.54 Å². The van der Waals surface area contributed by atoms with Crippen molar-refractivity contribution < 1.29 is 14.3 Å². The van der Waals surface area contributed by atoms with E-state index in [2.05, 4.69) is 27.5 Å². The van der Waals surface area contributed by atoms with Crippen LogP contribution in [0.3, 0.4) is 0 Å². The van der Waals surface area contributed by atoms with Crippen LogP contribution in [0.25, 0.3) is 0 Å². The minimum Gasteiger partial charge on any atom is -0.478 e. The zero-order valence-corrected chi connectivity index (χ0v) is 13.1. The summed E-state index contributed by atoms with van der Waals surface area (Å²) in [5, 5.41) is 11.9. The molecule has 0 atom stereocenters. The zero-order chi connectivity index (χ0) is 14.3. The second-order valence-corrected chi connectivity index (χ2v) is 5.85. The molecular weight excluding hydrogens is 333 g/mol. The summed E-state index contributed by atoms with van der Waals surface area (Å²) in [5.41, 5.74) is 0.268. The highest BCUT2D eigenvalue weighted by molar-refractivity contribution is 9.10. The first-order valence-corrected chi connectivity index (χ1v) is 8.20. The van der Waals surface area contributed by atoms with Gasteiger partial charge in [-0.3, -0.25) is 0 Å². The van der Waals surface area contributed by atoms with E-state index in [-0.39, 0.29) is 10.0 Å². The molecule has 19 heavy (non-hydrogen) atoms. The lowest BCUT2D eigenvalue weighted by molar-refractivity contribution is 0.0695. The highest BCUT2D eigenvalue weighted by atomic mass is 79.9. The Bertz CT molecular complexity index is 443. The standard InChI is InChI=1S/C13H17BrFNO2S/c1-19-8-4-2-3-7-16-10-6-5-9(13(17)18)11(14)12(10)15/h5-6,16H,2-4,7-8H2,1H3,(H,17,18). The van der Waals surface area contributed by atoms with Gasteiger partial charge in [0.2, 0.25) is 0 Å². The molecule has 106 valence electrons. The maximum atomic E-state index is 13.9. The molecule has 0 saturated heterocycles. The van der Waals surface area contributed by atoms with Crippen LogP contribution in [0.5, 0.6) is 0 Å². The molecule has 3 nitrogen and oxygen atoms in total. The van der Waals surface area contributed by atoms with Crippen molar-refractivity contribution in [3.63, 3.8) is 0 Å². The van der Waals surface area contributed by atoms with Crippen molar-refractivity contribution in [1.82, 2.24) is 0 Å². The van der Waals surface area contributed by atoms with Crippen molar-refractivity contribution in [3.8, 4) is 0 Å². The minimum absolute atomic E-state index is 0.00705. The van der Waals surface area contributed by atoms with Crippen molar-refractivity contribution in [2.45, 2.75) is 19.3 Å². The number of halogens is 2. The molecule has 0 saturated carbocycles. The molecule has 0 aliphatic heterocycles. The number of thioether (sulfide) groups is 1. The Balaban J connectivity index is 2.51. The van der Waals surface area contributed by atoms with Crippen LogP contribution in [-0.2, 0) is 0 Å². The number of carboxylic acids is 1. The summed E-state index contributed by atoms with van der Waals surface area (Å²) in [6.07, 6.45) is 5.31. The second kappa shape index (κ2) is 8.43. The van der Waals surface area contributed by atoms with Gasteiger partial charge in [-0.1, -0.05) is 6.42 Å². The van der Waals surface area contributed by atoms with E-state index in [1.807, 2.05) is 11.8 Å². The number of carbonyl (C=O) groups is 1. The molecule has 2 N–H and O–H groups in total. The molecule has 0 heterocycles. The lowest BCUT2D eigenvalue weighted by atomic mass is 10.2. The average Bonchev–Trinajstić information content (AvgIpc) is 2.38. The van der Waals surface area contributed by atoms with Gasteiger partial charge in [-0.15, -0.1) is 0 Å². The minimum atomic E-state index is -1.14. The highest BCUT2D eigenvalue weighted by Gasteiger charge is 2.15. The normalized spacial score (nSPS) is 10.5. The summed E-state index contributed by atoms with van der Waals surface area (Å²) in [7, 11) is 0. The van der Waals surface area contributed by atoms with Crippen LogP contribution >= 0.6 is 27.7 Å². The second-order valence-electron chi connectivity index (χ2n) is 4.07. The van der Waals surface area contributed by atoms with Gasteiger partial charge in [0.25, 0.3) is 0 Å². The third-order valence-electron chi connectivity index (χ3n) is 2.65. The molecule has 0 fully saturated rings. The number of unbranched alkanes of at least 4 members (excludes halogenated alkanes) is 2. The van der Waals surface area contributed by atoms with Gasteiger partial charge in [-0.2, -0.15) is 11.8 Å². The summed E-state index contributed by atoms with van der Waals surface area (Å²) in [5.74, 6) is -0.550. The first kappa shape index (κ1) is 16.3. The number of hydrogen-bond donors (Lipinski definition) is 2. The van der Waals surface area contributed by atoms with E-state index < -0.39 is 11.8 Å². The third-order valence-corrected chi connectivity index (χ3v) is 4.13. The molecule has 1 aromatic rings. The summed E-state index contributed by atoms with van der Waals surface area (Å²) in [6, 6.07) is 2.86. The Kier molecular flexibility index (Phi) is 7.23. The Labute approximate surface area is 125 Å². The van der Waals surface area contributed by atoms with Crippen molar-refractivity contribution in [3.05, 3.63) is 28.0 Å².